The predicted molar refractivity (Wildman–Crippen MR) is 114 cm³/mol. The number of carbonyl (C=O) groups is 2. The first-order valence-electron chi connectivity index (χ1n) is 10.9. The van der Waals surface area contributed by atoms with E-state index in [-0.39, 0.29) is 11.8 Å². The lowest BCUT2D eigenvalue weighted by Gasteiger charge is -2.38. The minimum atomic E-state index is 0.192. The number of benzene rings is 1. The van der Waals surface area contributed by atoms with E-state index in [9.17, 15) is 9.59 Å². The lowest BCUT2D eigenvalue weighted by atomic mass is 9.92. The van der Waals surface area contributed by atoms with Crippen LogP contribution in [0.2, 0.25) is 0 Å². The molecule has 29 heavy (non-hydrogen) atoms. The number of carbonyl (C=O) groups excluding carboxylic acids is 2. The van der Waals surface area contributed by atoms with Crippen LogP contribution in [0.25, 0.3) is 0 Å². The molecular weight excluding hydrogens is 366 g/mol. The third-order valence-corrected chi connectivity index (χ3v) is 6.07. The van der Waals surface area contributed by atoms with E-state index in [1.807, 2.05) is 34.1 Å². The maximum Gasteiger partial charge on any atom is 0.236 e. The fraction of sp³-hybridized carbons (Fsp3) is 0.652. The number of hydrogen-bond acceptors (Lipinski definition) is 4. The molecule has 2 atom stereocenters. The van der Waals surface area contributed by atoms with Gasteiger partial charge in [0, 0.05) is 45.7 Å². The highest BCUT2D eigenvalue weighted by Crippen LogP contribution is 2.21. The second kappa shape index (κ2) is 10.1. The monoisotopic (exact) mass is 401 g/mol. The van der Waals surface area contributed by atoms with E-state index in [1.165, 1.54) is 6.42 Å². The maximum atomic E-state index is 12.7. The summed E-state index contributed by atoms with van der Waals surface area (Å²) < 4.78 is 5.25. The normalized spacial score (nSPS) is 23.1. The molecule has 1 aromatic rings. The fourth-order valence-corrected chi connectivity index (χ4v) is 4.55. The summed E-state index contributed by atoms with van der Waals surface area (Å²) in [4.78, 5) is 31.4. The minimum absolute atomic E-state index is 0.192. The van der Waals surface area contributed by atoms with Gasteiger partial charge in [0.05, 0.1) is 13.7 Å². The van der Waals surface area contributed by atoms with Gasteiger partial charge < -0.3 is 14.5 Å². The quantitative estimate of drug-likeness (QED) is 0.734. The van der Waals surface area contributed by atoms with Crippen molar-refractivity contribution in [2.45, 2.75) is 33.1 Å². The van der Waals surface area contributed by atoms with Crippen LogP contribution in [0.3, 0.4) is 0 Å². The molecule has 2 heterocycles. The van der Waals surface area contributed by atoms with Crippen molar-refractivity contribution in [1.29, 1.82) is 0 Å². The zero-order chi connectivity index (χ0) is 20.8. The van der Waals surface area contributed by atoms with Crippen molar-refractivity contribution >= 4 is 11.8 Å². The standard InChI is InChI=1S/C23H35N3O3/c1-18-13-19(2)16-26(15-18)23(28)17-24-9-11-25(12-10-24)22(27)8-7-20-5-4-6-21(14-20)29-3/h4-6,14,18-19H,7-13,15-17H2,1-3H3. The highest BCUT2D eigenvalue weighted by atomic mass is 16.5. The van der Waals surface area contributed by atoms with Crippen LogP contribution in [0.5, 0.6) is 5.75 Å². The summed E-state index contributed by atoms with van der Waals surface area (Å²) in [7, 11) is 1.65. The Hall–Kier alpha value is -2.08. The van der Waals surface area contributed by atoms with Crippen LogP contribution in [0, 0.1) is 11.8 Å². The second-order valence-electron chi connectivity index (χ2n) is 8.75. The predicted octanol–water partition coefficient (Wildman–Crippen LogP) is 2.28. The highest BCUT2D eigenvalue weighted by molar-refractivity contribution is 5.79. The topological polar surface area (TPSA) is 53.1 Å². The number of methoxy groups -OCH3 is 1. The van der Waals surface area contributed by atoms with Crippen molar-refractivity contribution in [3.8, 4) is 5.75 Å². The summed E-state index contributed by atoms with van der Waals surface area (Å²) >= 11 is 0. The van der Waals surface area contributed by atoms with Crippen molar-refractivity contribution in [2.24, 2.45) is 11.8 Å². The molecule has 2 amide bonds. The highest BCUT2D eigenvalue weighted by Gasteiger charge is 2.28. The molecule has 1 aromatic carbocycles. The number of piperidine rings is 1. The van der Waals surface area contributed by atoms with Gasteiger partial charge in [0.2, 0.25) is 11.8 Å². The van der Waals surface area contributed by atoms with Crippen LogP contribution in [-0.4, -0.2) is 79.4 Å². The number of piperazine rings is 1. The van der Waals surface area contributed by atoms with Crippen LogP contribution >= 0.6 is 0 Å². The molecule has 2 saturated heterocycles. The van der Waals surface area contributed by atoms with Crippen molar-refractivity contribution < 1.29 is 14.3 Å². The number of aryl methyl sites for hydroxylation is 1. The van der Waals surface area contributed by atoms with Crippen LogP contribution in [0.15, 0.2) is 24.3 Å². The largest absolute Gasteiger partial charge is 0.497 e. The van der Waals surface area contributed by atoms with Gasteiger partial charge in [-0.15, -0.1) is 0 Å². The van der Waals surface area contributed by atoms with E-state index in [0.29, 0.717) is 37.9 Å². The molecule has 2 aliphatic rings. The third-order valence-electron chi connectivity index (χ3n) is 6.07. The molecule has 3 rings (SSSR count). The molecule has 2 fully saturated rings. The van der Waals surface area contributed by atoms with Crippen LogP contribution < -0.4 is 4.74 Å². The lowest BCUT2D eigenvalue weighted by molar-refractivity contribution is -0.136. The van der Waals surface area contributed by atoms with E-state index in [0.717, 1.165) is 43.9 Å². The zero-order valence-corrected chi connectivity index (χ0v) is 18.1. The molecule has 6 nitrogen and oxygen atoms in total. The molecule has 0 aromatic heterocycles. The van der Waals surface area contributed by atoms with Gasteiger partial charge in [-0.2, -0.15) is 0 Å². The van der Waals surface area contributed by atoms with Crippen LogP contribution in [-0.2, 0) is 16.0 Å². The van der Waals surface area contributed by atoms with Gasteiger partial charge in [-0.3, -0.25) is 14.5 Å². The van der Waals surface area contributed by atoms with Crippen LogP contribution in [0.4, 0.5) is 0 Å². The summed E-state index contributed by atoms with van der Waals surface area (Å²) in [6.07, 6.45) is 2.44. The van der Waals surface area contributed by atoms with E-state index >= 15 is 0 Å². The summed E-state index contributed by atoms with van der Waals surface area (Å²) in [5.74, 6) is 2.42. The SMILES string of the molecule is COc1cccc(CCC(=O)N2CCN(CC(=O)N3CC(C)CC(C)C3)CC2)c1. The van der Waals surface area contributed by atoms with Crippen LogP contribution in [0.1, 0.15) is 32.3 Å². The average Bonchev–Trinajstić information content (AvgIpc) is 2.72. The summed E-state index contributed by atoms with van der Waals surface area (Å²) in [5.41, 5.74) is 1.12. The van der Waals surface area contributed by atoms with Gasteiger partial charge in [-0.05, 0) is 42.4 Å². The number of likely N-dealkylation sites (tertiary alicyclic amines) is 1. The molecule has 0 N–H and O–H groups in total. The molecule has 0 radical (unpaired) electrons. The van der Waals surface area contributed by atoms with Gasteiger partial charge in [-0.25, -0.2) is 0 Å². The number of amides is 2. The zero-order valence-electron chi connectivity index (χ0n) is 18.1. The molecule has 2 unspecified atom stereocenters. The van der Waals surface area contributed by atoms with E-state index < -0.39 is 0 Å². The van der Waals surface area contributed by atoms with E-state index in [4.69, 9.17) is 4.74 Å². The van der Waals surface area contributed by atoms with Gasteiger partial charge in [0.25, 0.3) is 0 Å². The molecule has 6 heteroatoms. The lowest BCUT2D eigenvalue weighted by Crippen LogP contribution is -2.53. The Labute approximate surface area is 174 Å². The fourth-order valence-electron chi connectivity index (χ4n) is 4.55. The van der Waals surface area contributed by atoms with Gasteiger partial charge in [-0.1, -0.05) is 26.0 Å². The summed E-state index contributed by atoms with van der Waals surface area (Å²) in [6.45, 7) is 9.65. The van der Waals surface area contributed by atoms with Gasteiger partial charge in [0.1, 0.15) is 5.75 Å². The summed E-state index contributed by atoms with van der Waals surface area (Å²) in [6, 6.07) is 7.89. The average molecular weight is 402 g/mol. The van der Waals surface area contributed by atoms with Crippen molar-refractivity contribution in [3.05, 3.63) is 29.8 Å². The number of ether oxygens (including phenoxy) is 1. The minimum Gasteiger partial charge on any atom is -0.497 e. The Kier molecular flexibility index (Phi) is 7.53. The molecule has 0 saturated carbocycles. The van der Waals surface area contributed by atoms with E-state index in [1.54, 1.807) is 7.11 Å². The van der Waals surface area contributed by atoms with Gasteiger partial charge >= 0.3 is 0 Å². The summed E-state index contributed by atoms with van der Waals surface area (Å²) in [5, 5.41) is 0. The molecule has 0 aliphatic carbocycles. The first kappa shape index (κ1) is 21.6. The second-order valence-corrected chi connectivity index (χ2v) is 8.75. The Morgan fingerprint density at radius 2 is 1.69 bits per heavy atom. The van der Waals surface area contributed by atoms with Crippen molar-refractivity contribution in [2.75, 3.05) is 52.9 Å². The van der Waals surface area contributed by atoms with Gasteiger partial charge in [0.15, 0.2) is 0 Å². The van der Waals surface area contributed by atoms with E-state index in [2.05, 4.69) is 18.7 Å². The maximum absolute atomic E-state index is 12.7. The number of rotatable bonds is 6. The molecule has 0 spiro atoms. The third kappa shape index (κ3) is 6.20. The smallest absolute Gasteiger partial charge is 0.236 e. The first-order valence-corrected chi connectivity index (χ1v) is 10.9. The molecule has 2 aliphatic heterocycles. The number of nitrogens with zero attached hydrogens (tertiary/aromatic N) is 3. The Morgan fingerprint density at radius 3 is 2.34 bits per heavy atom. The Bertz CT molecular complexity index is 690. The Balaban J connectivity index is 1.40. The van der Waals surface area contributed by atoms with Crippen molar-refractivity contribution in [1.82, 2.24) is 14.7 Å². The Morgan fingerprint density at radius 1 is 1.00 bits per heavy atom. The molecule has 160 valence electrons. The molecular formula is C23H35N3O3. The number of hydrogen-bond donors (Lipinski definition) is 0. The molecule has 0 bridgehead atoms. The van der Waals surface area contributed by atoms with Crippen molar-refractivity contribution in [3.63, 3.8) is 0 Å². The first-order chi connectivity index (χ1) is 13.9.